The Morgan fingerprint density at radius 3 is 2.59 bits per heavy atom. The van der Waals surface area contributed by atoms with E-state index in [-0.39, 0.29) is 48.9 Å². The third kappa shape index (κ3) is 5.26. The average molecular weight is 579 g/mol. The minimum absolute atomic E-state index is 0.0128. The first kappa shape index (κ1) is 26.9. The van der Waals surface area contributed by atoms with Gasteiger partial charge in [0.25, 0.3) is 0 Å². The number of hydrogen-bond donors (Lipinski definition) is 2. The van der Waals surface area contributed by atoms with E-state index in [1.807, 2.05) is 0 Å². The molecule has 2 aliphatic rings. The van der Waals surface area contributed by atoms with Crippen LogP contribution in [0.2, 0.25) is 0 Å². The van der Waals surface area contributed by atoms with Crippen LogP contribution in [0.4, 0.5) is 39.5 Å². The van der Waals surface area contributed by atoms with Crippen molar-refractivity contribution in [3.05, 3.63) is 42.4 Å². The first-order chi connectivity index (χ1) is 19.5. The van der Waals surface area contributed by atoms with E-state index < -0.39 is 23.8 Å². The topological polar surface area (TPSA) is 121 Å². The number of imidazole rings is 1. The van der Waals surface area contributed by atoms with Crippen molar-refractivity contribution in [2.24, 2.45) is 13.0 Å². The van der Waals surface area contributed by atoms with Crippen molar-refractivity contribution in [2.75, 3.05) is 23.8 Å². The van der Waals surface area contributed by atoms with Gasteiger partial charge in [0.15, 0.2) is 11.5 Å². The third-order valence-electron chi connectivity index (χ3n) is 6.78. The van der Waals surface area contributed by atoms with Crippen molar-refractivity contribution >= 4 is 34.7 Å². The minimum Gasteiger partial charge on any atom is -0.455 e. The highest BCUT2D eigenvalue weighted by molar-refractivity contribution is 5.93. The molecule has 1 saturated heterocycles. The van der Waals surface area contributed by atoms with Crippen LogP contribution in [0.5, 0.6) is 11.5 Å². The summed E-state index contributed by atoms with van der Waals surface area (Å²) in [5.41, 5.74) is -0.551. The number of carbonyl (C=O) groups excluding carboxylic acids is 1. The van der Waals surface area contributed by atoms with Crippen LogP contribution in [0.25, 0.3) is 11.2 Å². The van der Waals surface area contributed by atoms with E-state index in [0.29, 0.717) is 33.6 Å². The van der Waals surface area contributed by atoms with Crippen molar-refractivity contribution in [1.29, 1.82) is 0 Å². The zero-order valence-electron chi connectivity index (χ0n) is 21.5. The molecule has 5 heterocycles. The van der Waals surface area contributed by atoms with Gasteiger partial charge in [-0.25, -0.2) is 9.97 Å². The quantitative estimate of drug-likeness (QED) is 0.279. The molecule has 0 bridgehead atoms. The third-order valence-corrected chi connectivity index (χ3v) is 6.78. The van der Waals surface area contributed by atoms with Crippen LogP contribution in [0, 0.1) is 5.92 Å². The molecule has 4 aromatic heterocycles. The number of hydrogen-bond acceptors (Lipinski definition) is 8. The lowest BCUT2D eigenvalue weighted by Crippen LogP contribution is -2.36. The first-order valence-electron chi connectivity index (χ1n) is 12.7. The fourth-order valence-electron chi connectivity index (χ4n) is 4.41. The van der Waals surface area contributed by atoms with E-state index in [1.165, 1.54) is 17.0 Å². The second-order valence-electron chi connectivity index (χ2n) is 9.82. The van der Waals surface area contributed by atoms with Gasteiger partial charge in [-0.15, -0.1) is 0 Å². The van der Waals surface area contributed by atoms with Crippen molar-refractivity contribution in [1.82, 2.24) is 29.3 Å². The molecule has 0 unspecified atom stereocenters. The molecule has 1 amide bonds. The maximum absolute atomic E-state index is 14.4. The Morgan fingerprint density at radius 1 is 1.07 bits per heavy atom. The molecular formula is C25H23F5N8O3. The maximum atomic E-state index is 14.4. The van der Waals surface area contributed by atoms with Gasteiger partial charge < -0.3 is 24.7 Å². The largest absolute Gasteiger partial charge is 0.459 e. The highest BCUT2D eigenvalue weighted by Gasteiger charge is 2.61. The fourth-order valence-corrected chi connectivity index (χ4v) is 4.41. The second kappa shape index (κ2) is 9.94. The normalized spacial score (nSPS) is 17.7. The summed E-state index contributed by atoms with van der Waals surface area (Å²) in [5.74, 6) is -4.28. The minimum atomic E-state index is -5.81. The Labute approximate surface area is 228 Å². The number of ether oxygens (including phenoxy) is 2. The molecule has 16 heteroatoms. The molecule has 0 aromatic carbocycles. The molecule has 216 valence electrons. The number of rotatable bonds is 8. The Hall–Kier alpha value is -4.34. The van der Waals surface area contributed by atoms with Crippen molar-refractivity contribution in [3.8, 4) is 11.5 Å². The Kier molecular flexibility index (Phi) is 6.51. The number of fused-ring (bicyclic) bond motifs is 1. The molecule has 2 N–H and O–H groups in total. The van der Waals surface area contributed by atoms with Gasteiger partial charge >= 0.3 is 12.1 Å². The Balaban J connectivity index is 1.25. The summed E-state index contributed by atoms with van der Waals surface area (Å²) in [6.45, 7) is 0.188. The van der Waals surface area contributed by atoms with E-state index in [4.69, 9.17) is 9.47 Å². The number of alkyl halides is 5. The zero-order chi connectivity index (χ0) is 28.9. The summed E-state index contributed by atoms with van der Waals surface area (Å²) < 4.78 is 81.8. The number of pyridine rings is 2. The van der Waals surface area contributed by atoms with Gasteiger partial charge in [-0.3, -0.25) is 9.48 Å². The summed E-state index contributed by atoms with van der Waals surface area (Å²) in [6.07, 6.45) is -0.950. The summed E-state index contributed by atoms with van der Waals surface area (Å²) in [7, 11) is 1.61. The second-order valence-corrected chi connectivity index (χ2v) is 9.82. The van der Waals surface area contributed by atoms with Crippen LogP contribution >= 0.6 is 0 Å². The number of carbonyl (C=O) groups is 1. The fraction of sp³-hybridized carbons (Fsp3) is 0.400. The number of aryl methyl sites for hydroxylation is 1. The van der Waals surface area contributed by atoms with Gasteiger partial charge in [0.05, 0.1) is 24.4 Å². The van der Waals surface area contributed by atoms with E-state index >= 15 is 0 Å². The number of halogens is 5. The van der Waals surface area contributed by atoms with Gasteiger partial charge in [-0.05, 0) is 25.3 Å². The van der Waals surface area contributed by atoms with Crippen LogP contribution in [0.15, 0.2) is 36.7 Å². The van der Waals surface area contributed by atoms with Gasteiger partial charge in [0, 0.05) is 44.0 Å². The summed E-state index contributed by atoms with van der Waals surface area (Å²) >= 11 is 0. The molecule has 6 rings (SSSR count). The molecule has 1 atom stereocenters. The van der Waals surface area contributed by atoms with E-state index in [2.05, 4.69) is 30.7 Å². The van der Waals surface area contributed by atoms with Crippen molar-refractivity contribution in [2.45, 2.75) is 37.4 Å². The number of nitrogens with one attached hydrogen (secondary N) is 2. The van der Waals surface area contributed by atoms with E-state index in [1.54, 1.807) is 25.2 Å². The van der Waals surface area contributed by atoms with Crippen LogP contribution in [-0.2, 0) is 22.5 Å². The maximum Gasteiger partial charge on any atom is 0.459 e. The molecule has 1 aliphatic carbocycles. The van der Waals surface area contributed by atoms with Crippen LogP contribution < -0.4 is 15.4 Å². The summed E-state index contributed by atoms with van der Waals surface area (Å²) in [4.78, 5) is 24.7. The SMILES string of the molecule is Cn1c(Nc2cc(C(F)(F)C(F)(F)F)n([C@@H]3CCOC3)n2)nc2ncc(Oc3ccnc(NC(=O)C4CC4)c3)cc21. The van der Waals surface area contributed by atoms with E-state index in [0.717, 1.165) is 12.8 Å². The standard InChI is InChI=1S/C25H23F5N8O3/c1-37-17-8-16(41-15-4-6-31-19(9-15)33-22(39)13-2-3-13)11-32-21(17)35-23(37)34-20-10-18(24(26,27)25(28,29)30)38(36-20)14-5-7-40-12-14/h4,6,8-11,13-14H,2-3,5,7,12H2,1H3,(H,31,33,39)(H,32,34,35,36)/t14-/m1/s1. The predicted octanol–water partition coefficient (Wildman–Crippen LogP) is 5.06. The lowest BCUT2D eigenvalue weighted by atomic mass is 10.2. The molecule has 0 radical (unpaired) electrons. The zero-order valence-corrected chi connectivity index (χ0v) is 21.5. The van der Waals surface area contributed by atoms with Gasteiger partial charge in [0.2, 0.25) is 11.9 Å². The number of amides is 1. The molecule has 0 spiro atoms. The molecule has 4 aromatic rings. The van der Waals surface area contributed by atoms with Gasteiger partial charge in [0.1, 0.15) is 23.0 Å². The van der Waals surface area contributed by atoms with Gasteiger partial charge in [-0.1, -0.05) is 0 Å². The highest BCUT2D eigenvalue weighted by atomic mass is 19.4. The Bertz CT molecular complexity index is 1610. The van der Waals surface area contributed by atoms with Crippen LogP contribution in [0.3, 0.4) is 0 Å². The average Bonchev–Trinajstić information content (AvgIpc) is 3.32. The first-order valence-corrected chi connectivity index (χ1v) is 12.7. The Morgan fingerprint density at radius 2 is 1.88 bits per heavy atom. The molecule has 1 saturated carbocycles. The molecule has 41 heavy (non-hydrogen) atoms. The summed E-state index contributed by atoms with van der Waals surface area (Å²) in [5, 5.41) is 9.48. The molecular weight excluding hydrogens is 555 g/mol. The monoisotopic (exact) mass is 578 g/mol. The van der Waals surface area contributed by atoms with Crippen LogP contribution in [-0.4, -0.2) is 54.6 Å². The van der Waals surface area contributed by atoms with Crippen molar-refractivity contribution in [3.63, 3.8) is 0 Å². The molecule has 2 fully saturated rings. The highest BCUT2D eigenvalue weighted by Crippen LogP contribution is 2.45. The molecule has 11 nitrogen and oxygen atoms in total. The number of anilines is 3. The molecule has 1 aliphatic heterocycles. The number of nitrogens with zero attached hydrogens (tertiary/aromatic N) is 6. The lowest BCUT2D eigenvalue weighted by molar-refractivity contribution is -0.292. The number of aromatic nitrogens is 6. The van der Waals surface area contributed by atoms with E-state index in [9.17, 15) is 26.7 Å². The van der Waals surface area contributed by atoms with Crippen molar-refractivity contribution < 1.29 is 36.2 Å². The van der Waals surface area contributed by atoms with Gasteiger partial charge in [-0.2, -0.15) is 32.0 Å². The predicted molar refractivity (Wildman–Crippen MR) is 134 cm³/mol. The smallest absolute Gasteiger partial charge is 0.455 e. The summed E-state index contributed by atoms with van der Waals surface area (Å²) in [6, 6.07) is 4.69. The lowest BCUT2D eigenvalue weighted by Gasteiger charge is -2.22. The van der Waals surface area contributed by atoms with Crippen LogP contribution in [0.1, 0.15) is 31.0 Å².